The van der Waals surface area contributed by atoms with Gasteiger partial charge in [0, 0.05) is 6.07 Å². The van der Waals surface area contributed by atoms with Gasteiger partial charge in [-0.2, -0.15) is 18.3 Å². The summed E-state index contributed by atoms with van der Waals surface area (Å²) in [5, 5.41) is 7.52. The molecule has 0 saturated carbocycles. The molecule has 2 N–H and O–H groups in total. The molecule has 1 amide bonds. The van der Waals surface area contributed by atoms with Crippen LogP contribution in [0.1, 0.15) is 33.4 Å². The number of nitrogens with one attached hydrogen (secondary N) is 2. The number of carbonyl (C=O) groups is 1. The number of nitrogens with zero attached hydrogens (tertiary/aromatic N) is 1. The minimum absolute atomic E-state index is 0.129. The van der Waals surface area contributed by atoms with Gasteiger partial charge in [-0.1, -0.05) is 24.3 Å². The van der Waals surface area contributed by atoms with Gasteiger partial charge in [0.1, 0.15) is 5.69 Å². The van der Waals surface area contributed by atoms with Gasteiger partial charge < -0.3 is 5.32 Å². The van der Waals surface area contributed by atoms with Crippen molar-refractivity contribution >= 4 is 15.7 Å². The van der Waals surface area contributed by atoms with Crippen LogP contribution in [0, 0.1) is 0 Å². The summed E-state index contributed by atoms with van der Waals surface area (Å²) in [6, 6.07) is 6.45. The van der Waals surface area contributed by atoms with Crippen LogP contribution in [0.5, 0.6) is 0 Å². The van der Waals surface area contributed by atoms with E-state index >= 15 is 0 Å². The molecule has 0 unspecified atom stereocenters. The van der Waals surface area contributed by atoms with Crippen LogP contribution < -0.4 is 5.32 Å². The number of carbonyl (C=O) groups excluding carboxylic acids is 1. The molecule has 1 aromatic carbocycles. The number of hydrogen-bond acceptors (Lipinski definition) is 4. The van der Waals surface area contributed by atoms with Crippen LogP contribution in [0.3, 0.4) is 0 Å². The highest BCUT2D eigenvalue weighted by molar-refractivity contribution is 7.90. The van der Waals surface area contributed by atoms with Crippen LogP contribution in [0.15, 0.2) is 30.3 Å². The van der Waals surface area contributed by atoms with E-state index in [2.05, 4.69) is 10.4 Å². The van der Waals surface area contributed by atoms with E-state index in [1.165, 1.54) is 0 Å². The summed E-state index contributed by atoms with van der Waals surface area (Å²) in [4.78, 5) is 12.1. The second-order valence-corrected chi connectivity index (χ2v) is 7.55. The average Bonchev–Trinajstić information content (AvgIpc) is 2.96. The molecule has 24 heavy (non-hydrogen) atoms. The summed E-state index contributed by atoms with van der Waals surface area (Å²) in [5.74, 6) is -1.32. The van der Waals surface area contributed by atoms with Gasteiger partial charge in [0.15, 0.2) is 15.5 Å². The van der Waals surface area contributed by atoms with Crippen LogP contribution in [-0.4, -0.2) is 30.3 Å². The highest BCUT2D eigenvalue weighted by atomic mass is 32.2. The minimum Gasteiger partial charge on any atom is -0.343 e. The van der Waals surface area contributed by atoms with Crippen LogP contribution in [0.4, 0.5) is 13.2 Å². The number of fused-ring (bicyclic) bond motifs is 1. The Morgan fingerprint density at radius 2 is 2.00 bits per heavy atom. The van der Waals surface area contributed by atoms with Gasteiger partial charge in [0.05, 0.1) is 17.5 Å². The molecule has 1 aliphatic rings. The first-order chi connectivity index (χ1) is 11.2. The molecule has 0 bridgehead atoms. The first-order valence-electron chi connectivity index (χ1n) is 6.87. The van der Waals surface area contributed by atoms with Crippen molar-refractivity contribution in [1.29, 1.82) is 0 Å². The van der Waals surface area contributed by atoms with Crippen molar-refractivity contribution in [3.8, 4) is 0 Å². The summed E-state index contributed by atoms with van der Waals surface area (Å²) in [6.07, 6.45) is -4.65. The third kappa shape index (κ3) is 3.28. The number of alkyl halides is 3. The zero-order valence-corrected chi connectivity index (χ0v) is 12.9. The molecule has 6 nitrogen and oxygen atoms in total. The summed E-state index contributed by atoms with van der Waals surface area (Å²) < 4.78 is 61.5. The van der Waals surface area contributed by atoms with Crippen molar-refractivity contribution in [2.75, 3.05) is 5.75 Å². The van der Waals surface area contributed by atoms with E-state index in [1.807, 2.05) is 0 Å². The number of benzene rings is 1. The third-order valence-corrected chi connectivity index (χ3v) is 5.24. The van der Waals surface area contributed by atoms with Crippen LogP contribution in [-0.2, 0) is 21.8 Å². The SMILES string of the molecule is O=C(N[C@H]1CS(=O)(=O)Cc2ccccc21)c1cc(C(F)(F)F)[nH]n1. The molecule has 2 heterocycles. The van der Waals surface area contributed by atoms with Crippen LogP contribution >= 0.6 is 0 Å². The monoisotopic (exact) mass is 359 g/mol. The predicted molar refractivity (Wildman–Crippen MR) is 77.7 cm³/mol. The van der Waals surface area contributed by atoms with E-state index in [9.17, 15) is 26.4 Å². The van der Waals surface area contributed by atoms with Crippen molar-refractivity contribution in [3.05, 3.63) is 52.8 Å². The Morgan fingerprint density at radius 3 is 2.67 bits per heavy atom. The molecule has 0 radical (unpaired) electrons. The fourth-order valence-electron chi connectivity index (χ4n) is 2.58. The second kappa shape index (κ2) is 5.62. The first kappa shape index (κ1) is 16.5. The fourth-order valence-corrected chi connectivity index (χ4v) is 4.21. The van der Waals surface area contributed by atoms with E-state index in [0.29, 0.717) is 17.2 Å². The summed E-state index contributed by atoms with van der Waals surface area (Å²) in [5.41, 5.74) is -0.411. The number of aromatic nitrogens is 2. The highest BCUT2D eigenvalue weighted by Crippen LogP contribution is 2.29. The van der Waals surface area contributed by atoms with E-state index in [0.717, 1.165) is 0 Å². The fraction of sp³-hybridized carbons (Fsp3) is 0.286. The van der Waals surface area contributed by atoms with Crippen LogP contribution in [0.25, 0.3) is 0 Å². The Balaban J connectivity index is 1.85. The molecule has 1 aliphatic heterocycles. The van der Waals surface area contributed by atoms with Gasteiger partial charge >= 0.3 is 6.18 Å². The lowest BCUT2D eigenvalue weighted by atomic mass is 10.0. The molecule has 0 fully saturated rings. The Bertz CT molecular complexity index is 890. The molecule has 2 aromatic rings. The number of amides is 1. The van der Waals surface area contributed by atoms with E-state index in [-0.39, 0.29) is 11.5 Å². The molecule has 0 aliphatic carbocycles. The lowest BCUT2D eigenvalue weighted by molar-refractivity contribution is -0.141. The summed E-state index contributed by atoms with van der Waals surface area (Å²) >= 11 is 0. The molecule has 0 spiro atoms. The average molecular weight is 359 g/mol. The molecule has 3 rings (SSSR count). The highest BCUT2D eigenvalue weighted by Gasteiger charge is 2.35. The molecule has 0 saturated heterocycles. The zero-order chi connectivity index (χ0) is 17.5. The van der Waals surface area contributed by atoms with Crippen molar-refractivity contribution in [2.24, 2.45) is 0 Å². The lowest BCUT2D eigenvalue weighted by Crippen LogP contribution is -2.37. The van der Waals surface area contributed by atoms with Gasteiger partial charge in [-0.3, -0.25) is 9.89 Å². The number of H-pyrrole nitrogens is 1. The van der Waals surface area contributed by atoms with Gasteiger partial charge in [-0.25, -0.2) is 8.42 Å². The van der Waals surface area contributed by atoms with Crippen molar-refractivity contribution in [3.63, 3.8) is 0 Å². The normalized spacial score (nSPS) is 19.5. The standard InChI is InChI=1S/C14H12F3N3O3S/c15-14(16,17)12-5-10(19-20-12)13(21)18-11-7-24(22,23)6-8-3-1-2-4-9(8)11/h1-5,11H,6-7H2,(H,18,21)(H,19,20)/t11-/m0/s1. The van der Waals surface area contributed by atoms with Gasteiger partial charge in [0.25, 0.3) is 5.91 Å². The maximum Gasteiger partial charge on any atom is 0.432 e. The molecule has 1 aromatic heterocycles. The lowest BCUT2D eigenvalue weighted by Gasteiger charge is -2.26. The number of halogens is 3. The van der Waals surface area contributed by atoms with Gasteiger partial charge in [-0.15, -0.1) is 0 Å². The molecular formula is C14H12F3N3O3S. The minimum atomic E-state index is -4.65. The summed E-state index contributed by atoms with van der Waals surface area (Å²) in [6.45, 7) is 0. The Morgan fingerprint density at radius 1 is 1.29 bits per heavy atom. The third-order valence-electron chi connectivity index (χ3n) is 3.65. The maximum absolute atomic E-state index is 12.5. The number of hydrogen-bond donors (Lipinski definition) is 2. The second-order valence-electron chi connectivity index (χ2n) is 5.44. The van der Waals surface area contributed by atoms with Gasteiger partial charge in [0.2, 0.25) is 0 Å². The van der Waals surface area contributed by atoms with Gasteiger partial charge in [-0.05, 0) is 11.1 Å². The maximum atomic E-state index is 12.5. The first-order valence-corrected chi connectivity index (χ1v) is 8.69. The summed E-state index contributed by atoms with van der Waals surface area (Å²) in [7, 11) is -3.41. The Labute approximate surface area is 135 Å². The van der Waals surface area contributed by atoms with E-state index in [4.69, 9.17) is 0 Å². The predicted octanol–water partition coefficient (Wildman–Crippen LogP) is 1.83. The topological polar surface area (TPSA) is 91.9 Å². The number of aromatic amines is 1. The van der Waals surface area contributed by atoms with E-state index < -0.39 is 39.4 Å². The molecular weight excluding hydrogens is 347 g/mol. The molecule has 10 heteroatoms. The zero-order valence-electron chi connectivity index (χ0n) is 12.1. The Kier molecular flexibility index (Phi) is 3.86. The van der Waals surface area contributed by atoms with Crippen molar-refractivity contribution in [1.82, 2.24) is 15.5 Å². The number of sulfone groups is 1. The van der Waals surface area contributed by atoms with Crippen molar-refractivity contribution < 1.29 is 26.4 Å². The van der Waals surface area contributed by atoms with Crippen molar-refractivity contribution in [2.45, 2.75) is 18.0 Å². The quantitative estimate of drug-likeness (QED) is 0.856. The Hall–Kier alpha value is -2.36. The molecule has 128 valence electrons. The smallest absolute Gasteiger partial charge is 0.343 e. The number of rotatable bonds is 2. The largest absolute Gasteiger partial charge is 0.432 e. The van der Waals surface area contributed by atoms with E-state index in [1.54, 1.807) is 29.4 Å². The van der Waals surface area contributed by atoms with Crippen LogP contribution in [0.2, 0.25) is 0 Å². The molecule has 1 atom stereocenters.